The summed E-state index contributed by atoms with van der Waals surface area (Å²) in [7, 11) is -8.42. The zero-order valence-electron chi connectivity index (χ0n) is 19.4. The van der Waals surface area contributed by atoms with E-state index in [0.29, 0.717) is 18.9 Å². The quantitative estimate of drug-likeness (QED) is 0.194. The number of aliphatic carboxylic acids is 1. The van der Waals surface area contributed by atoms with E-state index in [1.54, 1.807) is 0 Å². The number of hydrogen-bond donors (Lipinski definition) is 0. The third kappa shape index (κ3) is 16.0. The Kier molecular flexibility index (Phi) is 19.3. The van der Waals surface area contributed by atoms with Gasteiger partial charge in [-0.25, -0.2) is 16.8 Å². The molecule has 0 bridgehead atoms. The Morgan fingerprint density at radius 1 is 0.700 bits per heavy atom. The summed E-state index contributed by atoms with van der Waals surface area (Å²) < 4.78 is 47.0. The fourth-order valence-electron chi connectivity index (χ4n) is 3.55. The second kappa shape index (κ2) is 17.8. The Morgan fingerprint density at radius 3 is 1.27 bits per heavy atom. The normalized spacial score (nSPS) is 13.2. The topological polar surface area (TPSA) is 112 Å². The Balaban J connectivity index is 0. The van der Waals surface area contributed by atoms with Gasteiger partial charge in [0.1, 0.15) is 0 Å². The maximum atomic E-state index is 11.7. The molecule has 0 fully saturated rings. The average molecular weight is 478 g/mol. The van der Waals surface area contributed by atoms with Crippen LogP contribution in [0.3, 0.4) is 0 Å². The van der Waals surface area contributed by atoms with Crippen molar-refractivity contribution in [1.82, 2.24) is 3.71 Å². The number of rotatable bonds is 19. The number of unbranched alkanes of at least 4 members (excludes halogenated alkanes) is 13. The molecule has 0 aromatic rings. The monoisotopic (exact) mass is 477 g/mol. The largest absolute Gasteiger partial charge is 1.00 e. The van der Waals surface area contributed by atoms with E-state index in [2.05, 4.69) is 6.92 Å². The van der Waals surface area contributed by atoms with E-state index >= 15 is 0 Å². The Labute approximate surface area is 206 Å². The summed E-state index contributed by atoms with van der Waals surface area (Å²) in [5.74, 6) is -1.68. The molecule has 0 saturated carbocycles. The van der Waals surface area contributed by atoms with E-state index in [1.807, 2.05) is 0 Å². The molecule has 0 aromatic heterocycles. The van der Waals surface area contributed by atoms with Gasteiger partial charge in [-0.05, 0) is 6.42 Å². The molecule has 174 valence electrons. The van der Waals surface area contributed by atoms with Gasteiger partial charge in [0.2, 0.25) is 20.0 Å². The minimum absolute atomic E-state index is 0. The molecule has 0 rings (SSSR count). The summed E-state index contributed by atoms with van der Waals surface area (Å²) in [6, 6.07) is -1.68. The van der Waals surface area contributed by atoms with Gasteiger partial charge in [0, 0.05) is 0 Å². The van der Waals surface area contributed by atoms with Crippen LogP contribution in [0.25, 0.3) is 0 Å². The van der Waals surface area contributed by atoms with E-state index in [1.165, 1.54) is 57.8 Å². The van der Waals surface area contributed by atoms with E-state index in [-0.39, 0.29) is 39.7 Å². The number of nitrogens with zero attached hydrogens (tertiary/aromatic N) is 1. The van der Waals surface area contributed by atoms with Gasteiger partial charge < -0.3 is 9.90 Å². The maximum absolute atomic E-state index is 11.7. The van der Waals surface area contributed by atoms with Crippen LogP contribution >= 0.6 is 0 Å². The summed E-state index contributed by atoms with van der Waals surface area (Å²) in [5, 5.41) is 11.3. The molecule has 10 heteroatoms. The second-order valence-electron chi connectivity index (χ2n) is 7.97. The summed E-state index contributed by atoms with van der Waals surface area (Å²) in [6.07, 6.45) is 17.3. The molecule has 0 aliphatic heterocycles. The van der Waals surface area contributed by atoms with Crippen molar-refractivity contribution in [3.05, 3.63) is 0 Å². The SMILES string of the molecule is CCCCCCCCCCCCCCCCC(C(=O)[O-])N(S(C)(=O)=O)S(C)(=O)=O.[Na+]. The van der Waals surface area contributed by atoms with Crippen LogP contribution < -0.4 is 34.7 Å². The average Bonchev–Trinajstić information content (AvgIpc) is 2.58. The summed E-state index contributed by atoms with van der Waals surface area (Å²) in [4.78, 5) is 11.3. The molecule has 0 aromatic carbocycles. The molecule has 30 heavy (non-hydrogen) atoms. The van der Waals surface area contributed by atoms with E-state index < -0.39 is 32.1 Å². The molecule has 0 aliphatic carbocycles. The minimum Gasteiger partial charge on any atom is -0.548 e. The summed E-state index contributed by atoms with van der Waals surface area (Å²) in [6.45, 7) is 2.22. The van der Waals surface area contributed by atoms with Crippen LogP contribution in [0.1, 0.15) is 103 Å². The van der Waals surface area contributed by atoms with Gasteiger partial charge >= 0.3 is 29.6 Å². The van der Waals surface area contributed by atoms with Crippen molar-refractivity contribution in [2.75, 3.05) is 12.5 Å². The molecule has 0 radical (unpaired) electrons. The van der Waals surface area contributed by atoms with Crippen LogP contribution in [0.5, 0.6) is 0 Å². The van der Waals surface area contributed by atoms with Crippen LogP contribution in [-0.2, 0) is 24.8 Å². The predicted octanol–water partition coefficient (Wildman–Crippen LogP) is 0.202. The maximum Gasteiger partial charge on any atom is 1.00 e. The first kappa shape index (κ1) is 32.5. The number of carbonyl (C=O) groups is 1. The molecule has 1 unspecified atom stereocenters. The summed E-state index contributed by atoms with van der Waals surface area (Å²) in [5.41, 5.74) is 0. The standard InChI is InChI=1S/C20H41NO6S2.Na/c1-4-5-6-7-8-9-10-11-12-13-14-15-16-17-18-19(20(22)23)21(28(2,24)25)29(3,26)27;/h19H,4-18H2,1-3H3,(H,22,23);/q;+1/p-1. The fraction of sp³-hybridized carbons (Fsp3) is 0.950. The van der Waals surface area contributed by atoms with Crippen LogP contribution in [0, 0.1) is 0 Å². The van der Waals surface area contributed by atoms with E-state index in [0.717, 1.165) is 25.7 Å². The molecule has 0 N–H and O–H groups in total. The number of sulfonamides is 2. The predicted molar refractivity (Wildman–Crippen MR) is 115 cm³/mol. The molecule has 0 amide bonds. The third-order valence-electron chi connectivity index (χ3n) is 5.01. The Bertz CT molecular complexity index is 620. The van der Waals surface area contributed by atoms with Gasteiger partial charge in [0.05, 0.1) is 24.5 Å². The van der Waals surface area contributed by atoms with Crippen molar-refractivity contribution in [3.8, 4) is 0 Å². The minimum atomic E-state index is -4.21. The third-order valence-corrected chi connectivity index (χ3v) is 8.45. The number of carboxylic acid groups (broad SMARTS) is 1. The first-order valence-electron chi connectivity index (χ1n) is 10.9. The van der Waals surface area contributed by atoms with Crippen molar-refractivity contribution in [3.63, 3.8) is 0 Å². The van der Waals surface area contributed by atoms with Crippen LogP contribution in [0.4, 0.5) is 0 Å². The molecule has 1 atom stereocenters. The smallest absolute Gasteiger partial charge is 0.548 e. The zero-order valence-corrected chi connectivity index (χ0v) is 23.0. The Hall–Kier alpha value is 0.330. The van der Waals surface area contributed by atoms with Crippen LogP contribution in [-0.4, -0.2) is 45.1 Å². The zero-order chi connectivity index (χ0) is 22.3. The fourth-order valence-corrected chi connectivity index (χ4v) is 6.82. The van der Waals surface area contributed by atoms with Gasteiger partial charge in [0.25, 0.3) is 0 Å². The van der Waals surface area contributed by atoms with Crippen molar-refractivity contribution < 1.29 is 56.3 Å². The van der Waals surface area contributed by atoms with Crippen molar-refractivity contribution in [1.29, 1.82) is 0 Å². The van der Waals surface area contributed by atoms with Gasteiger partial charge in [-0.2, -0.15) is 0 Å². The van der Waals surface area contributed by atoms with Crippen LogP contribution in [0.15, 0.2) is 0 Å². The van der Waals surface area contributed by atoms with Crippen molar-refractivity contribution >= 4 is 26.0 Å². The number of hydrogen-bond acceptors (Lipinski definition) is 6. The Morgan fingerprint density at radius 2 is 1.00 bits per heavy atom. The first-order valence-corrected chi connectivity index (χ1v) is 14.6. The molecular formula is C20H40NNaO6S2. The summed E-state index contributed by atoms with van der Waals surface area (Å²) >= 11 is 0. The van der Waals surface area contributed by atoms with Crippen molar-refractivity contribution in [2.24, 2.45) is 0 Å². The van der Waals surface area contributed by atoms with Gasteiger partial charge in [-0.15, -0.1) is 0 Å². The molecule has 0 saturated heterocycles. The van der Waals surface area contributed by atoms with Gasteiger partial charge in [-0.1, -0.05) is 101 Å². The van der Waals surface area contributed by atoms with Gasteiger partial charge in [-0.3, -0.25) is 0 Å². The molecular weight excluding hydrogens is 437 g/mol. The van der Waals surface area contributed by atoms with Gasteiger partial charge in [0.15, 0.2) is 0 Å². The van der Waals surface area contributed by atoms with E-state index in [9.17, 15) is 26.7 Å². The molecule has 0 heterocycles. The van der Waals surface area contributed by atoms with Crippen LogP contribution in [0.2, 0.25) is 0 Å². The van der Waals surface area contributed by atoms with E-state index in [4.69, 9.17) is 0 Å². The number of carboxylic acids is 1. The number of carbonyl (C=O) groups excluding carboxylic acids is 1. The molecule has 0 aliphatic rings. The first-order chi connectivity index (χ1) is 13.5. The molecule has 7 nitrogen and oxygen atoms in total. The van der Waals surface area contributed by atoms with Crippen molar-refractivity contribution in [2.45, 2.75) is 109 Å². The molecule has 0 spiro atoms. The second-order valence-corrected chi connectivity index (χ2v) is 11.9.